The molecule has 0 spiro atoms. The number of anilines is 1. The Balaban J connectivity index is 2.13. The van der Waals surface area contributed by atoms with Gasteiger partial charge in [0.1, 0.15) is 5.58 Å². The minimum absolute atomic E-state index is 0.114. The van der Waals surface area contributed by atoms with Crippen molar-refractivity contribution in [3.05, 3.63) is 53.8 Å². The van der Waals surface area contributed by atoms with E-state index in [1.54, 1.807) is 18.2 Å². The molecule has 3 aromatic rings. The Labute approximate surface area is 128 Å². The Morgan fingerprint density at radius 1 is 1.04 bits per heavy atom. The van der Waals surface area contributed by atoms with E-state index >= 15 is 0 Å². The van der Waals surface area contributed by atoms with Gasteiger partial charge in [-0.2, -0.15) is 13.2 Å². The fourth-order valence-corrected chi connectivity index (χ4v) is 2.35. The Morgan fingerprint density at radius 3 is 2.39 bits per heavy atom. The molecule has 0 aliphatic carbocycles. The van der Waals surface area contributed by atoms with Crippen molar-refractivity contribution in [2.45, 2.75) is 6.18 Å². The van der Waals surface area contributed by atoms with E-state index in [2.05, 4.69) is 0 Å². The molecule has 3 rings (SSSR count). The summed E-state index contributed by atoms with van der Waals surface area (Å²) in [5.41, 5.74) is 11.5. The third kappa shape index (κ3) is 2.61. The fraction of sp³-hybridized carbons (Fsp3) is 0.0625. The van der Waals surface area contributed by atoms with Crippen LogP contribution in [0.15, 0.2) is 46.9 Å². The third-order valence-corrected chi connectivity index (χ3v) is 3.48. The van der Waals surface area contributed by atoms with Crippen LogP contribution < -0.4 is 11.5 Å². The maximum absolute atomic E-state index is 12.8. The van der Waals surface area contributed by atoms with E-state index in [0.717, 1.165) is 12.1 Å². The zero-order chi connectivity index (χ0) is 16.8. The van der Waals surface area contributed by atoms with Crippen molar-refractivity contribution in [1.82, 2.24) is 0 Å². The number of nitrogens with two attached hydrogens (primary N) is 2. The predicted molar refractivity (Wildman–Crippen MR) is 79.6 cm³/mol. The van der Waals surface area contributed by atoms with E-state index in [9.17, 15) is 18.0 Å². The molecule has 2 aromatic carbocycles. The Bertz CT molecular complexity index is 913. The van der Waals surface area contributed by atoms with Crippen molar-refractivity contribution in [3.63, 3.8) is 0 Å². The molecule has 4 nitrogen and oxygen atoms in total. The maximum atomic E-state index is 12.8. The number of benzene rings is 2. The second-order valence-electron chi connectivity index (χ2n) is 5.00. The van der Waals surface area contributed by atoms with Gasteiger partial charge in [-0.1, -0.05) is 18.2 Å². The van der Waals surface area contributed by atoms with Crippen LogP contribution in [0.25, 0.3) is 22.1 Å². The molecule has 0 aliphatic heterocycles. The molecular weight excluding hydrogens is 309 g/mol. The minimum Gasteiger partial charge on any atom is -0.449 e. The van der Waals surface area contributed by atoms with E-state index in [1.807, 2.05) is 0 Å². The number of fused-ring (bicyclic) bond motifs is 1. The van der Waals surface area contributed by atoms with E-state index in [4.69, 9.17) is 15.9 Å². The van der Waals surface area contributed by atoms with Crippen LogP contribution in [0.4, 0.5) is 18.9 Å². The number of alkyl halides is 3. The molecular formula is C16H11F3N2O2. The SMILES string of the molecule is NC(=O)c1oc2cc(-c3cccc(C(F)(F)F)c3)ccc2c1N. The van der Waals surface area contributed by atoms with Crippen molar-refractivity contribution in [3.8, 4) is 11.1 Å². The lowest BCUT2D eigenvalue weighted by molar-refractivity contribution is -0.137. The number of nitrogen functional groups attached to an aromatic ring is 1. The van der Waals surface area contributed by atoms with E-state index < -0.39 is 17.6 Å². The second kappa shape index (κ2) is 5.05. The van der Waals surface area contributed by atoms with Crippen molar-refractivity contribution in [2.24, 2.45) is 5.73 Å². The van der Waals surface area contributed by atoms with Gasteiger partial charge in [0.25, 0.3) is 5.91 Å². The van der Waals surface area contributed by atoms with E-state index in [0.29, 0.717) is 16.5 Å². The number of carbonyl (C=O) groups is 1. The highest BCUT2D eigenvalue weighted by Gasteiger charge is 2.30. The normalized spacial score (nSPS) is 11.8. The van der Waals surface area contributed by atoms with Crippen molar-refractivity contribution in [1.29, 1.82) is 0 Å². The molecule has 0 fully saturated rings. The standard InChI is InChI=1S/C16H11F3N2O2/c17-16(18,19)10-3-1-2-8(6-10)9-4-5-11-12(7-9)23-14(13(11)20)15(21)22/h1-7H,20H2,(H2,21,22). The lowest BCUT2D eigenvalue weighted by Gasteiger charge is -2.08. The van der Waals surface area contributed by atoms with Crippen LogP contribution >= 0.6 is 0 Å². The lowest BCUT2D eigenvalue weighted by atomic mass is 10.0. The van der Waals surface area contributed by atoms with Crippen LogP contribution in [0.2, 0.25) is 0 Å². The van der Waals surface area contributed by atoms with Crippen LogP contribution in [0.5, 0.6) is 0 Å². The quantitative estimate of drug-likeness (QED) is 0.753. The number of hydrogen-bond acceptors (Lipinski definition) is 3. The Hall–Kier alpha value is -2.96. The first-order chi connectivity index (χ1) is 10.8. The molecule has 1 amide bonds. The molecule has 1 aromatic heterocycles. The van der Waals surface area contributed by atoms with Gasteiger partial charge in [0.15, 0.2) is 0 Å². The fourth-order valence-electron chi connectivity index (χ4n) is 2.35. The highest BCUT2D eigenvalue weighted by atomic mass is 19.4. The summed E-state index contributed by atoms with van der Waals surface area (Å²) >= 11 is 0. The topological polar surface area (TPSA) is 82.2 Å². The van der Waals surface area contributed by atoms with Gasteiger partial charge in [-0.15, -0.1) is 0 Å². The number of furan rings is 1. The largest absolute Gasteiger partial charge is 0.449 e. The summed E-state index contributed by atoms with van der Waals surface area (Å²) in [6.45, 7) is 0. The predicted octanol–water partition coefficient (Wildman–Crippen LogP) is 3.80. The van der Waals surface area contributed by atoms with Crippen LogP contribution in [0.3, 0.4) is 0 Å². The zero-order valence-corrected chi connectivity index (χ0v) is 11.6. The summed E-state index contributed by atoms with van der Waals surface area (Å²) in [6.07, 6.45) is -4.42. The van der Waals surface area contributed by atoms with Crippen LogP contribution in [-0.2, 0) is 6.18 Å². The van der Waals surface area contributed by atoms with E-state index in [1.165, 1.54) is 12.1 Å². The molecule has 0 bridgehead atoms. The van der Waals surface area contributed by atoms with Gasteiger partial charge in [0, 0.05) is 5.39 Å². The summed E-state index contributed by atoms with van der Waals surface area (Å²) in [6, 6.07) is 9.63. The smallest absolute Gasteiger partial charge is 0.416 e. The van der Waals surface area contributed by atoms with Gasteiger partial charge >= 0.3 is 6.18 Å². The van der Waals surface area contributed by atoms with Crippen molar-refractivity contribution in [2.75, 3.05) is 5.73 Å². The molecule has 0 radical (unpaired) electrons. The number of amides is 1. The summed E-state index contributed by atoms with van der Waals surface area (Å²) in [4.78, 5) is 11.2. The van der Waals surface area contributed by atoms with Crippen LogP contribution in [-0.4, -0.2) is 5.91 Å². The monoisotopic (exact) mass is 320 g/mol. The van der Waals surface area contributed by atoms with E-state index in [-0.39, 0.29) is 17.0 Å². The molecule has 4 N–H and O–H groups in total. The second-order valence-corrected chi connectivity index (χ2v) is 5.00. The number of hydrogen-bond donors (Lipinski definition) is 2. The molecule has 1 heterocycles. The number of carbonyl (C=O) groups excluding carboxylic acids is 1. The first kappa shape index (κ1) is 15.0. The molecule has 7 heteroatoms. The first-order valence-electron chi connectivity index (χ1n) is 6.57. The Morgan fingerprint density at radius 2 is 1.74 bits per heavy atom. The van der Waals surface area contributed by atoms with Crippen LogP contribution in [0.1, 0.15) is 16.1 Å². The van der Waals surface area contributed by atoms with Gasteiger partial charge in [-0.05, 0) is 35.4 Å². The van der Waals surface area contributed by atoms with Gasteiger partial charge in [-0.25, -0.2) is 0 Å². The molecule has 0 saturated heterocycles. The summed E-state index contributed by atoms with van der Waals surface area (Å²) in [5, 5.41) is 0.481. The zero-order valence-electron chi connectivity index (χ0n) is 11.6. The molecule has 23 heavy (non-hydrogen) atoms. The number of halogens is 3. The van der Waals surface area contributed by atoms with Crippen LogP contribution in [0, 0.1) is 0 Å². The Kier molecular flexibility index (Phi) is 3.28. The maximum Gasteiger partial charge on any atom is 0.416 e. The summed E-state index contributed by atoms with van der Waals surface area (Å²) < 4.78 is 43.7. The lowest BCUT2D eigenvalue weighted by Crippen LogP contribution is -2.11. The number of rotatable bonds is 2. The molecule has 0 atom stereocenters. The summed E-state index contributed by atoms with van der Waals surface area (Å²) in [5.74, 6) is -0.972. The van der Waals surface area contributed by atoms with Gasteiger partial charge < -0.3 is 15.9 Å². The molecule has 0 unspecified atom stereocenters. The first-order valence-corrected chi connectivity index (χ1v) is 6.57. The average molecular weight is 320 g/mol. The highest BCUT2D eigenvalue weighted by molar-refractivity contribution is 6.05. The highest BCUT2D eigenvalue weighted by Crippen LogP contribution is 2.35. The minimum atomic E-state index is -4.42. The van der Waals surface area contributed by atoms with Gasteiger partial charge in [0.2, 0.25) is 5.76 Å². The van der Waals surface area contributed by atoms with Gasteiger partial charge in [-0.3, -0.25) is 4.79 Å². The number of primary amides is 1. The van der Waals surface area contributed by atoms with Crippen molar-refractivity contribution >= 4 is 22.6 Å². The van der Waals surface area contributed by atoms with Gasteiger partial charge in [0.05, 0.1) is 11.3 Å². The summed E-state index contributed by atoms with van der Waals surface area (Å²) in [7, 11) is 0. The van der Waals surface area contributed by atoms with Crippen molar-refractivity contribution < 1.29 is 22.4 Å². The molecule has 118 valence electrons. The average Bonchev–Trinajstić information content (AvgIpc) is 2.83. The molecule has 0 aliphatic rings. The molecule has 0 saturated carbocycles. The third-order valence-electron chi connectivity index (χ3n) is 3.48.